The molecule has 0 aromatic carbocycles. The zero-order valence-electron chi connectivity index (χ0n) is 3.62. The number of hydrogen-bond donors (Lipinski definition) is 1. The molecule has 0 aliphatic carbocycles. The summed E-state index contributed by atoms with van der Waals surface area (Å²) in [6.45, 7) is 1.70. The molecule has 0 heterocycles. The lowest BCUT2D eigenvalue weighted by molar-refractivity contribution is -0.121. The van der Waals surface area contributed by atoms with Gasteiger partial charge in [-0.2, -0.15) is 5.84 Å². The average molecular weight is 87.1 g/mol. The fourth-order valence-electron chi connectivity index (χ4n) is 0.0884. The van der Waals surface area contributed by atoms with E-state index in [0.29, 0.717) is 6.42 Å². The quantitative estimate of drug-likeness (QED) is 0.439. The van der Waals surface area contributed by atoms with Gasteiger partial charge in [-0.3, -0.25) is 10.2 Å². The fraction of sp³-hybridized carbons (Fsp3) is 0.667. The van der Waals surface area contributed by atoms with E-state index >= 15 is 0 Å². The van der Waals surface area contributed by atoms with Crippen molar-refractivity contribution in [1.29, 1.82) is 0 Å². The first-order valence-corrected chi connectivity index (χ1v) is 1.76. The van der Waals surface area contributed by atoms with Gasteiger partial charge in [0.15, 0.2) is 0 Å². The molecule has 0 aromatic rings. The highest BCUT2D eigenvalue weighted by Crippen LogP contribution is 1.67. The summed E-state index contributed by atoms with van der Waals surface area (Å²) in [5.41, 5.74) is 1.73. The van der Waals surface area contributed by atoms with Crippen LogP contribution >= 0.6 is 0 Å². The van der Waals surface area contributed by atoms with Crippen LogP contribution in [0, 0.1) is 0 Å². The minimum absolute atomic E-state index is 0.241. The lowest BCUT2D eigenvalue weighted by Gasteiger charge is -1.85. The maximum absolute atomic E-state index is 9.88. The molecule has 1 radical (unpaired) electrons. The summed E-state index contributed by atoms with van der Waals surface area (Å²) in [7, 11) is 0. The Kier molecular flexibility index (Phi) is 2.40. The Labute approximate surface area is 36.5 Å². The van der Waals surface area contributed by atoms with Crippen LogP contribution in [0.4, 0.5) is 0 Å². The molecule has 3 heteroatoms. The first kappa shape index (κ1) is 5.43. The Balaban J connectivity index is 2.99. The Morgan fingerprint density at radius 3 is 2.50 bits per heavy atom. The summed E-state index contributed by atoms with van der Waals surface area (Å²) >= 11 is 0. The number of carbonyl (C=O) groups excluding carboxylic acids is 1. The molecule has 35 valence electrons. The first-order valence-electron chi connectivity index (χ1n) is 1.76. The molecule has 0 aliphatic rings. The topological polar surface area (TPSA) is 52.9 Å². The molecule has 2 N–H and O–H groups in total. The van der Waals surface area contributed by atoms with E-state index in [4.69, 9.17) is 5.84 Å². The van der Waals surface area contributed by atoms with Crippen LogP contribution in [0.1, 0.15) is 13.3 Å². The van der Waals surface area contributed by atoms with E-state index in [2.05, 4.69) is 0 Å². The van der Waals surface area contributed by atoms with Crippen LogP contribution in [0.5, 0.6) is 0 Å². The minimum Gasteiger partial charge on any atom is -0.277 e. The molecule has 0 saturated heterocycles. The normalized spacial score (nSPS) is 7.67. The molecule has 0 spiro atoms. The summed E-state index contributed by atoms with van der Waals surface area (Å²) < 4.78 is 0. The number of nitrogens with one attached hydrogen (secondary N) is 2. The molecule has 6 heavy (non-hydrogen) atoms. The van der Waals surface area contributed by atoms with Gasteiger partial charge in [-0.15, -0.1) is 0 Å². The van der Waals surface area contributed by atoms with Crippen molar-refractivity contribution in [3.8, 4) is 0 Å². The minimum atomic E-state index is -0.241. The maximum Gasteiger partial charge on any atom is 0.234 e. The monoisotopic (exact) mass is 87.1 g/mol. The SMILES string of the molecule is CCC(=O)N[NH]. The van der Waals surface area contributed by atoms with Crippen LogP contribution in [0.3, 0.4) is 0 Å². The van der Waals surface area contributed by atoms with E-state index in [0.717, 1.165) is 0 Å². The summed E-state index contributed by atoms with van der Waals surface area (Å²) in [4.78, 5) is 9.88. The number of hydrogen-bond acceptors (Lipinski definition) is 1. The third-order valence-corrected chi connectivity index (χ3v) is 0.461. The zero-order chi connectivity index (χ0) is 4.99. The van der Waals surface area contributed by atoms with Crippen LogP contribution < -0.4 is 11.3 Å². The Morgan fingerprint density at radius 2 is 2.50 bits per heavy atom. The Morgan fingerprint density at radius 1 is 2.00 bits per heavy atom. The van der Waals surface area contributed by atoms with Gasteiger partial charge in [0, 0.05) is 6.42 Å². The van der Waals surface area contributed by atoms with Gasteiger partial charge in [0.1, 0.15) is 0 Å². The van der Waals surface area contributed by atoms with Crippen molar-refractivity contribution in [1.82, 2.24) is 11.3 Å². The smallest absolute Gasteiger partial charge is 0.234 e. The van der Waals surface area contributed by atoms with E-state index < -0.39 is 0 Å². The predicted molar refractivity (Wildman–Crippen MR) is 21.5 cm³/mol. The van der Waals surface area contributed by atoms with Crippen LogP contribution in [0.2, 0.25) is 0 Å². The van der Waals surface area contributed by atoms with Crippen molar-refractivity contribution in [2.24, 2.45) is 0 Å². The molecule has 0 unspecified atom stereocenters. The number of rotatable bonds is 1. The van der Waals surface area contributed by atoms with Gasteiger partial charge in [0.05, 0.1) is 0 Å². The van der Waals surface area contributed by atoms with E-state index in [-0.39, 0.29) is 5.91 Å². The van der Waals surface area contributed by atoms with E-state index in [1.54, 1.807) is 12.3 Å². The van der Waals surface area contributed by atoms with Crippen LogP contribution in [0.25, 0.3) is 0 Å². The molecular formula is C3H7N2O. The molecular weight excluding hydrogens is 80.0 g/mol. The predicted octanol–water partition coefficient (Wildman–Crippen LogP) is -0.290. The second kappa shape index (κ2) is 2.66. The highest BCUT2D eigenvalue weighted by atomic mass is 16.2. The lowest BCUT2D eigenvalue weighted by atomic mass is 10.5. The third kappa shape index (κ3) is 1.72. The fourth-order valence-corrected chi connectivity index (χ4v) is 0.0884. The Hall–Kier alpha value is -0.570. The van der Waals surface area contributed by atoms with Gasteiger partial charge >= 0.3 is 0 Å². The van der Waals surface area contributed by atoms with Gasteiger partial charge in [0.25, 0.3) is 0 Å². The molecule has 0 atom stereocenters. The van der Waals surface area contributed by atoms with Crippen LogP contribution in [-0.2, 0) is 4.79 Å². The van der Waals surface area contributed by atoms with E-state index in [1.165, 1.54) is 0 Å². The van der Waals surface area contributed by atoms with Gasteiger partial charge in [-0.25, -0.2) is 0 Å². The second-order valence-corrected chi connectivity index (χ2v) is 0.902. The first-order chi connectivity index (χ1) is 2.81. The molecule has 3 nitrogen and oxygen atoms in total. The van der Waals surface area contributed by atoms with Gasteiger partial charge < -0.3 is 0 Å². The molecule has 0 saturated carbocycles. The summed E-state index contributed by atoms with van der Waals surface area (Å²) in [6, 6.07) is 0. The summed E-state index contributed by atoms with van der Waals surface area (Å²) in [6.07, 6.45) is 0.392. The molecule has 0 rings (SSSR count). The van der Waals surface area contributed by atoms with Crippen molar-refractivity contribution >= 4 is 5.91 Å². The van der Waals surface area contributed by atoms with Crippen LogP contribution in [-0.4, -0.2) is 5.91 Å². The molecule has 0 aliphatic heterocycles. The van der Waals surface area contributed by atoms with Gasteiger partial charge in [-0.05, 0) is 0 Å². The highest BCUT2D eigenvalue weighted by Gasteiger charge is 1.85. The van der Waals surface area contributed by atoms with Gasteiger partial charge in [-0.1, -0.05) is 6.92 Å². The molecule has 0 fully saturated rings. The number of amides is 1. The standard InChI is InChI=1S/C3H7N2O/c1-2-3(6)5-4/h4H,2H2,1H3,(H,5,6). The zero-order valence-corrected chi connectivity index (χ0v) is 3.62. The Bertz CT molecular complexity index is 46.8. The number of carbonyl (C=O) groups is 1. The van der Waals surface area contributed by atoms with E-state index in [9.17, 15) is 4.79 Å². The van der Waals surface area contributed by atoms with Crippen molar-refractivity contribution in [3.63, 3.8) is 0 Å². The summed E-state index contributed by atoms with van der Waals surface area (Å²) in [5.74, 6) is 5.97. The van der Waals surface area contributed by atoms with E-state index in [1.807, 2.05) is 0 Å². The highest BCUT2D eigenvalue weighted by molar-refractivity contribution is 5.74. The van der Waals surface area contributed by atoms with Gasteiger partial charge in [0.2, 0.25) is 5.91 Å². The second-order valence-electron chi connectivity index (χ2n) is 0.902. The third-order valence-electron chi connectivity index (χ3n) is 0.461. The lowest BCUT2D eigenvalue weighted by Crippen LogP contribution is -2.18. The summed E-state index contributed by atoms with van der Waals surface area (Å²) in [5, 5.41) is 0. The largest absolute Gasteiger partial charge is 0.277 e. The molecule has 0 aromatic heterocycles. The van der Waals surface area contributed by atoms with Crippen LogP contribution in [0.15, 0.2) is 0 Å². The van der Waals surface area contributed by atoms with Crippen molar-refractivity contribution in [2.75, 3.05) is 0 Å². The molecule has 1 amide bonds. The van der Waals surface area contributed by atoms with Crippen molar-refractivity contribution < 1.29 is 4.79 Å². The molecule has 0 bridgehead atoms. The van der Waals surface area contributed by atoms with Crippen molar-refractivity contribution in [3.05, 3.63) is 0 Å². The van der Waals surface area contributed by atoms with Crippen molar-refractivity contribution in [2.45, 2.75) is 13.3 Å². The average Bonchev–Trinajstić information content (AvgIpc) is 1.65. The maximum atomic E-state index is 9.88.